The first-order valence-corrected chi connectivity index (χ1v) is 13.3. The lowest BCUT2D eigenvalue weighted by atomic mass is 9.87. The standard InChI is InChI=1S/C25H30N4O5S/c1-2-25(19-11-6-5-7-12-19)23(31)29(24(32)27-25)18-22(30)26-20-13-10-14-21(17-20)35(33,34)28-15-8-3-4-9-16-28/h5-7,10-14,17H,2-4,8-9,15-16,18H2,1H3,(H,26,30)(H,27,32). The van der Waals surface area contributed by atoms with Gasteiger partial charge in [-0.25, -0.2) is 13.2 Å². The lowest BCUT2D eigenvalue weighted by Crippen LogP contribution is -2.44. The lowest BCUT2D eigenvalue weighted by Gasteiger charge is -2.25. The zero-order chi connectivity index (χ0) is 25.1. The number of carbonyl (C=O) groups excluding carboxylic acids is 3. The summed E-state index contributed by atoms with van der Waals surface area (Å²) in [4.78, 5) is 39.6. The Bertz CT molecular complexity index is 1210. The summed E-state index contributed by atoms with van der Waals surface area (Å²) in [6, 6.07) is 14.3. The smallest absolute Gasteiger partial charge is 0.324 e. The van der Waals surface area contributed by atoms with Crippen molar-refractivity contribution in [1.29, 1.82) is 0 Å². The predicted octanol–water partition coefficient (Wildman–Crippen LogP) is 3.05. The molecule has 0 spiro atoms. The minimum absolute atomic E-state index is 0.0984. The second kappa shape index (κ2) is 10.2. The highest BCUT2D eigenvalue weighted by atomic mass is 32.2. The molecule has 2 aliphatic heterocycles. The normalized spacial score (nSPS) is 21.5. The first-order valence-electron chi connectivity index (χ1n) is 11.9. The highest BCUT2D eigenvalue weighted by molar-refractivity contribution is 7.89. The van der Waals surface area contributed by atoms with Crippen molar-refractivity contribution in [2.24, 2.45) is 0 Å². The van der Waals surface area contributed by atoms with Crippen molar-refractivity contribution < 1.29 is 22.8 Å². The highest BCUT2D eigenvalue weighted by Crippen LogP contribution is 2.32. The van der Waals surface area contributed by atoms with Crippen LogP contribution in [0.2, 0.25) is 0 Å². The molecular formula is C25H30N4O5S. The van der Waals surface area contributed by atoms with Crippen LogP contribution in [-0.2, 0) is 25.2 Å². The van der Waals surface area contributed by atoms with Crippen molar-refractivity contribution >= 4 is 33.6 Å². The monoisotopic (exact) mass is 498 g/mol. The van der Waals surface area contributed by atoms with E-state index in [0.29, 0.717) is 25.1 Å². The summed E-state index contributed by atoms with van der Waals surface area (Å²) in [5, 5.41) is 5.37. The third kappa shape index (κ3) is 4.94. The molecule has 2 aromatic carbocycles. The van der Waals surface area contributed by atoms with E-state index in [9.17, 15) is 22.8 Å². The van der Waals surface area contributed by atoms with Gasteiger partial charge in [0, 0.05) is 18.8 Å². The zero-order valence-electron chi connectivity index (χ0n) is 19.7. The van der Waals surface area contributed by atoms with Gasteiger partial charge in [-0.15, -0.1) is 0 Å². The summed E-state index contributed by atoms with van der Waals surface area (Å²) in [5.41, 5.74) is -0.294. The molecule has 35 heavy (non-hydrogen) atoms. The molecule has 1 unspecified atom stereocenters. The SMILES string of the molecule is CCC1(c2ccccc2)NC(=O)N(CC(=O)Nc2cccc(S(=O)(=O)N3CCCCCC3)c2)C1=O. The second-order valence-corrected chi connectivity index (χ2v) is 10.8. The molecule has 0 aliphatic carbocycles. The molecule has 2 saturated heterocycles. The average molecular weight is 499 g/mol. The zero-order valence-corrected chi connectivity index (χ0v) is 20.5. The number of hydrogen-bond donors (Lipinski definition) is 2. The van der Waals surface area contributed by atoms with Crippen molar-refractivity contribution in [2.75, 3.05) is 25.0 Å². The van der Waals surface area contributed by atoms with E-state index < -0.39 is 40.0 Å². The van der Waals surface area contributed by atoms with Gasteiger partial charge in [0.15, 0.2) is 0 Å². The number of rotatable bonds is 7. The van der Waals surface area contributed by atoms with Crippen molar-refractivity contribution in [3.63, 3.8) is 0 Å². The molecule has 4 amide bonds. The van der Waals surface area contributed by atoms with Gasteiger partial charge in [0.2, 0.25) is 15.9 Å². The van der Waals surface area contributed by atoms with Gasteiger partial charge in [-0.1, -0.05) is 56.2 Å². The quantitative estimate of drug-likeness (QED) is 0.570. The van der Waals surface area contributed by atoms with Gasteiger partial charge >= 0.3 is 6.03 Å². The van der Waals surface area contributed by atoms with Crippen LogP contribution >= 0.6 is 0 Å². The molecule has 0 radical (unpaired) electrons. The Kier molecular flexibility index (Phi) is 7.23. The number of hydrogen-bond acceptors (Lipinski definition) is 5. The van der Waals surface area contributed by atoms with Crippen LogP contribution in [0.5, 0.6) is 0 Å². The van der Waals surface area contributed by atoms with E-state index in [2.05, 4.69) is 10.6 Å². The van der Waals surface area contributed by atoms with Crippen LogP contribution in [0.1, 0.15) is 44.6 Å². The van der Waals surface area contributed by atoms with Crippen LogP contribution in [0.15, 0.2) is 59.5 Å². The molecular weight excluding hydrogens is 468 g/mol. The molecule has 0 bridgehead atoms. The Labute approximate surface area is 205 Å². The van der Waals surface area contributed by atoms with E-state index in [-0.39, 0.29) is 10.6 Å². The van der Waals surface area contributed by atoms with Gasteiger partial charge in [-0.3, -0.25) is 14.5 Å². The minimum Gasteiger partial charge on any atom is -0.324 e. The molecule has 0 aromatic heterocycles. The van der Waals surface area contributed by atoms with Gasteiger partial charge in [0.1, 0.15) is 12.1 Å². The Morgan fingerprint density at radius 3 is 2.34 bits per heavy atom. The highest BCUT2D eigenvalue weighted by Gasteiger charge is 2.51. The summed E-state index contributed by atoms with van der Waals surface area (Å²) < 4.78 is 27.7. The van der Waals surface area contributed by atoms with Crippen molar-refractivity contribution in [3.05, 3.63) is 60.2 Å². The Morgan fingerprint density at radius 1 is 1.00 bits per heavy atom. The first kappa shape index (κ1) is 24.9. The fourth-order valence-electron chi connectivity index (χ4n) is 4.64. The number of amides is 4. The number of urea groups is 1. The van der Waals surface area contributed by atoms with Crippen LogP contribution < -0.4 is 10.6 Å². The van der Waals surface area contributed by atoms with Crippen LogP contribution in [0.3, 0.4) is 0 Å². The van der Waals surface area contributed by atoms with Crippen LogP contribution in [0.4, 0.5) is 10.5 Å². The fourth-order valence-corrected chi connectivity index (χ4v) is 6.20. The van der Waals surface area contributed by atoms with E-state index in [1.54, 1.807) is 43.3 Å². The summed E-state index contributed by atoms with van der Waals surface area (Å²) in [6.07, 6.45) is 3.99. The molecule has 2 aromatic rings. The van der Waals surface area contributed by atoms with E-state index in [1.165, 1.54) is 16.4 Å². The number of benzene rings is 2. The fraction of sp³-hybridized carbons (Fsp3) is 0.400. The van der Waals surface area contributed by atoms with Gasteiger partial charge in [0.05, 0.1) is 4.90 Å². The molecule has 0 saturated carbocycles. The molecule has 2 fully saturated rings. The molecule has 4 rings (SSSR count). The van der Waals surface area contributed by atoms with Crippen molar-refractivity contribution in [2.45, 2.75) is 49.5 Å². The summed E-state index contributed by atoms with van der Waals surface area (Å²) in [5.74, 6) is -1.10. The van der Waals surface area contributed by atoms with Crippen molar-refractivity contribution in [3.8, 4) is 0 Å². The molecule has 1 atom stereocenters. The number of sulfonamides is 1. The third-order valence-corrected chi connectivity index (χ3v) is 8.49. The van der Waals surface area contributed by atoms with E-state index in [1.807, 2.05) is 6.07 Å². The maximum absolute atomic E-state index is 13.2. The number of nitrogens with zero attached hydrogens (tertiary/aromatic N) is 2. The molecule has 186 valence electrons. The number of anilines is 1. The van der Waals surface area contributed by atoms with E-state index >= 15 is 0 Å². The summed E-state index contributed by atoms with van der Waals surface area (Å²) >= 11 is 0. The van der Waals surface area contributed by atoms with E-state index in [4.69, 9.17) is 0 Å². The van der Waals surface area contributed by atoms with Gasteiger partial charge in [0.25, 0.3) is 5.91 Å². The Balaban J connectivity index is 1.47. The lowest BCUT2D eigenvalue weighted by molar-refractivity contribution is -0.134. The predicted molar refractivity (Wildman–Crippen MR) is 131 cm³/mol. The maximum atomic E-state index is 13.2. The molecule has 2 heterocycles. The van der Waals surface area contributed by atoms with Crippen LogP contribution in [-0.4, -0.2) is 55.1 Å². The summed E-state index contributed by atoms with van der Waals surface area (Å²) in [6.45, 7) is 2.27. The number of imide groups is 1. The van der Waals surface area contributed by atoms with Gasteiger partial charge in [-0.2, -0.15) is 4.31 Å². The molecule has 10 heteroatoms. The molecule has 2 N–H and O–H groups in total. The van der Waals surface area contributed by atoms with Gasteiger partial charge < -0.3 is 10.6 Å². The average Bonchev–Trinajstić information content (AvgIpc) is 3.04. The topological polar surface area (TPSA) is 116 Å². The molecule has 9 nitrogen and oxygen atoms in total. The third-order valence-electron chi connectivity index (χ3n) is 6.59. The van der Waals surface area contributed by atoms with Crippen LogP contribution in [0, 0.1) is 0 Å². The Morgan fingerprint density at radius 2 is 1.69 bits per heavy atom. The van der Waals surface area contributed by atoms with Crippen LogP contribution in [0.25, 0.3) is 0 Å². The number of nitrogens with one attached hydrogen (secondary N) is 2. The van der Waals surface area contributed by atoms with Gasteiger partial charge in [-0.05, 0) is 43.0 Å². The Hall–Kier alpha value is -3.24. The summed E-state index contributed by atoms with van der Waals surface area (Å²) in [7, 11) is -3.68. The van der Waals surface area contributed by atoms with Crippen molar-refractivity contribution in [1.82, 2.24) is 14.5 Å². The largest absolute Gasteiger partial charge is 0.325 e. The first-order chi connectivity index (χ1) is 16.8. The maximum Gasteiger partial charge on any atom is 0.325 e. The second-order valence-electron chi connectivity index (χ2n) is 8.84. The number of carbonyl (C=O) groups is 3. The minimum atomic E-state index is -3.68. The molecule has 2 aliphatic rings. The van der Waals surface area contributed by atoms with E-state index in [0.717, 1.165) is 30.6 Å².